The van der Waals surface area contributed by atoms with Gasteiger partial charge in [-0.1, -0.05) is 340 Å². The molecule has 0 aromatic carbocycles. The van der Waals surface area contributed by atoms with Crippen LogP contribution in [0.2, 0.25) is 0 Å². The highest BCUT2D eigenvalue weighted by molar-refractivity contribution is 7.45. The van der Waals surface area contributed by atoms with Gasteiger partial charge < -0.3 is 28.8 Å². The lowest BCUT2D eigenvalue weighted by atomic mass is 10.0. The molecule has 0 fully saturated rings. The van der Waals surface area contributed by atoms with Crippen LogP contribution in [-0.4, -0.2) is 68.5 Å². The highest BCUT2D eigenvalue weighted by atomic mass is 31.2. The van der Waals surface area contributed by atoms with Gasteiger partial charge in [-0.2, -0.15) is 0 Å². The van der Waals surface area contributed by atoms with Crippen molar-refractivity contribution in [2.75, 3.05) is 40.9 Å². The smallest absolute Gasteiger partial charge is 0.268 e. The Morgan fingerprint density at radius 2 is 0.693 bits per heavy atom. The minimum Gasteiger partial charge on any atom is -0.756 e. The molecule has 2 N–H and O–H groups in total. The second kappa shape index (κ2) is 68.0. The van der Waals surface area contributed by atoms with Crippen LogP contribution in [0.1, 0.15) is 309 Å². The highest BCUT2D eigenvalue weighted by Gasteiger charge is 2.24. The lowest BCUT2D eigenvalue weighted by Crippen LogP contribution is -2.46. The third-order valence-electron chi connectivity index (χ3n) is 15.9. The SMILES string of the molecule is CC/C=C\C/C=C\C/C=C\C/C=C\C/C=C\C/C=C\C/C=C\C/C=C\C/C=C\C/C=C\C/C=C\CCCCCCCCCC(=O)NC(COP(=O)([O-])OCC[N+](C)(C)C)C(O)CCCCCCCCCCCCCCCCCCCCCCCCCCC. The number of hydrogen-bond acceptors (Lipinski definition) is 6. The average Bonchev–Trinajstić information content (AvgIpc) is 3.71. The average molecular weight is 1240 g/mol. The van der Waals surface area contributed by atoms with Crippen LogP contribution in [-0.2, 0) is 18.4 Å². The van der Waals surface area contributed by atoms with Crippen LogP contribution in [0.15, 0.2) is 134 Å². The Hall–Kier alpha value is -3.36. The number of quaternary nitrogens is 1. The van der Waals surface area contributed by atoms with Gasteiger partial charge in [0.1, 0.15) is 13.2 Å². The number of allylic oxidation sites excluding steroid dienone is 22. The van der Waals surface area contributed by atoms with E-state index in [1.165, 1.54) is 161 Å². The Kier molecular flexibility index (Phi) is 65.4. The molecule has 0 spiro atoms. The number of carbonyl (C=O) groups excluding carboxylic acids is 1. The van der Waals surface area contributed by atoms with Gasteiger partial charge in [-0.25, -0.2) is 0 Å². The second-order valence-electron chi connectivity index (χ2n) is 25.6. The summed E-state index contributed by atoms with van der Waals surface area (Å²) >= 11 is 0. The van der Waals surface area contributed by atoms with Gasteiger partial charge in [-0.3, -0.25) is 9.36 Å². The Balaban J connectivity index is 4.11. The molecule has 506 valence electrons. The molecule has 0 saturated carbocycles. The molecule has 0 bridgehead atoms. The molecule has 0 heterocycles. The van der Waals surface area contributed by atoms with Crippen LogP contribution in [0.25, 0.3) is 0 Å². The largest absolute Gasteiger partial charge is 0.756 e. The molecule has 3 unspecified atom stereocenters. The van der Waals surface area contributed by atoms with Crippen molar-refractivity contribution in [1.29, 1.82) is 0 Å². The molecule has 3 atom stereocenters. The Morgan fingerprint density at radius 3 is 1.01 bits per heavy atom. The van der Waals surface area contributed by atoms with Crippen molar-refractivity contribution in [2.24, 2.45) is 0 Å². The molecule has 0 aromatic heterocycles. The topological polar surface area (TPSA) is 108 Å². The first-order chi connectivity index (χ1) is 43.0. The molecular formula is C79H139N2O6P. The van der Waals surface area contributed by atoms with E-state index in [-0.39, 0.29) is 19.1 Å². The first kappa shape index (κ1) is 84.6. The molecule has 8 nitrogen and oxygen atoms in total. The van der Waals surface area contributed by atoms with E-state index in [0.29, 0.717) is 23.9 Å². The van der Waals surface area contributed by atoms with Gasteiger partial charge in [-0.15, -0.1) is 0 Å². The van der Waals surface area contributed by atoms with Crippen molar-refractivity contribution < 1.29 is 32.9 Å². The number of hydrogen-bond donors (Lipinski definition) is 2. The number of nitrogens with one attached hydrogen (secondary N) is 1. The quantitative estimate of drug-likeness (QED) is 0.0272. The summed E-state index contributed by atoms with van der Waals surface area (Å²) in [6, 6.07) is -0.818. The molecule has 0 radical (unpaired) electrons. The molecule has 0 aliphatic rings. The van der Waals surface area contributed by atoms with Crippen molar-refractivity contribution in [3.05, 3.63) is 134 Å². The summed E-state index contributed by atoms with van der Waals surface area (Å²) in [4.78, 5) is 25.7. The van der Waals surface area contributed by atoms with Crippen LogP contribution in [0.5, 0.6) is 0 Å². The van der Waals surface area contributed by atoms with E-state index in [0.717, 1.165) is 122 Å². The summed E-state index contributed by atoms with van der Waals surface area (Å²) in [5.74, 6) is -0.177. The fraction of sp³-hybridized carbons (Fsp3) is 0.709. The van der Waals surface area contributed by atoms with Crippen LogP contribution in [0.3, 0.4) is 0 Å². The van der Waals surface area contributed by atoms with E-state index in [4.69, 9.17) is 9.05 Å². The van der Waals surface area contributed by atoms with E-state index in [1.54, 1.807) is 0 Å². The van der Waals surface area contributed by atoms with Crippen LogP contribution in [0.4, 0.5) is 0 Å². The fourth-order valence-electron chi connectivity index (χ4n) is 10.3. The first-order valence-electron chi connectivity index (χ1n) is 36.5. The lowest BCUT2D eigenvalue weighted by Gasteiger charge is -2.30. The van der Waals surface area contributed by atoms with Gasteiger partial charge in [-0.05, 0) is 96.3 Å². The zero-order chi connectivity index (χ0) is 64.1. The zero-order valence-electron chi connectivity index (χ0n) is 57.9. The maximum absolute atomic E-state index is 13.1. The van der Waals surface area contributed by atoms with Crippen molar-refractivity contribution in [3.8, 4) is 0 Å². The molecule has 1 amide bonds. The van der Waals surface area contributed by atoms with E-state index >= 15 is 0 Å². The number of aliphatic hydroxyl groups excluding tert-OH is 1. The number of phosphoric ester groups is 1. The predicted molar refractivity (Wildman–Crippen MR) is 385 cm³/mol. The van der Waals surface area contributed by atoms with E-state index in [9.17, 15) is 19.4 Å². The molecule has 9 heteroatoms. The first-order valence-corrected chi connectivity index (χ1v) is 38.0. The summed E-state index contributed by atoms with van der Waals surface area (Å²) in [7, 11) is 1.29. The summed E-state index contributed by atoms with van der Waals surface area (Å²) in [6.07, 6.45) is 102. The van der Waals surface area contributed by atoms with Crippen molar-refractivity contribution in [2.45, 2.75) is 321 Å². The zero-order valence-corrected chi connectivity index (χ0v) is 58.8. The van der Waals surface area contributed by atoms with Crippen molar-refractivity contribution in [1.82, 2.24) is 5.32 Å². The number of phosphoric acid groups is 1. The van der Waals surface area contributed by atoms with E-state index in [2.05, 4.69) is 153 Å². The number of carbonyl (C=O) groups is 1. The van der Waals surface area contributed by atoms with E-state index < -0.39 is 20.0 Å². The van der Waals surface area contributed by atoms with Crippen molar-refractivity contribution >= 4 is 13.7 Å². The van der Waals surface area contributed by atoms with Gasteiger partial charge >= 0.3 is 0 Å². The van der Waals surface area contributed by atoms with Gasteiger partial charge in [0.15, 0.2) is 0 Å². The standard InChI is InChI=1S/C79H139N2O6P/c1-6-8-10-12-14-16-18-20-22-24-26-28-30-32-33-34-35-36-37-38-39-40-41-42-43-44-45-46-47-49-51-53-55-57-59-61-63-65-67-69-71-73-79(83)80-77(76-87-88(84,85)86-75-74-81(3,4)5)78(82)72-70-68-66-64-62-60-58-56-54-52-50-48-31-29-27-25-23-21-19-17-15-13-11-9-7-2/h8,10,14,16,20,22,26,28,32-33,35-36,38-39,41-42,44-45,47,49,53,55,77-78,82H,6-7,9,11-13,15,17-19,21,23-25,27,29-31,34,37,40,43,46,48,50-52,54,56-76H2,1-5H3,(H-,80,83,84,85)/b10-8-,16-14-,22-20-,28-26-,33-32-,36-35-,39-38-,42-41-,45-44-,49-47-,55-53-. The molecule has 0 aliphatic carbocycles. The van der Waals surface area contributed by atoms with Crippen molar-refractivity contribution in [3.63, 3.8) is 0 Å². The van der Waals surface area contributed by atoms with Crippen LogP contribution in [0, 0.1) is 0 Å². The highest BCUT2D eigenvalue weighted by Crippen LogP contribution is 2.38. The van der Waals surface area contributed by atoms with Gasteiger partial charge in [0.2, 0.25) is 5.91 Å². The van der Waals surface area contributed by atoms with E-state index in [1.807, 2.05) is 21.1 Å². The minimum absolute atomic E-state index is 0.00418. The number of rotatable bonds is 66. The minimum atomic E-state index is -4.59. The molecule has 0 saturated heterocycles. The molecule has 88 heavy (non-hydrogen) atoms. The lowest BCUT2D eigenvalue weighted by molar-refractivity contribution is -0.870. The van der Waals surface area contributed by atoms with Crippen LogP contribution < -0.4 is 10.2 Å². The third kappa shape index (κ3) is 70.1. The number of aliphatic hydroxyl groups is 1. The summed E-state index contributed by atoms with van der Waals surface area (Å²) < 4.78 is 23.5. The van der Waals surface area contributed by atoms with Gasteiger partial charge in [0.25, 0.3) is 7.82 Å². The number of likely N-dealkylation sites (N-methyl/N-ethyl adjacent to an activating group) is 1. The number of nitrogens with zero attached hydrogens (tertiary/aromatic N) is 1. The molecular weight excluding hydrogens is 1100 g/mol. The Bertz CT molecular complexity index is 1900. The normalized spacial score (nSPS) is 14.4. The molecule has 0 aliphatic heterocycles. The second-order valence-corrected chi connectivity index (χ2v) is 27.0. The van der Waals surface area contributed by atoms with Crippen LogP contribution >= 0.6 is 7.82 Å². The number of unbranched alkanes of at least 4 members (excludes halogenated alkanes) is 31. The fourth-order valence-corrected chi connectivity index (χ4v) is 11.0. The monoisotopic (exact) mass is 1240 g/mol. The summed E-state index contributed by atoms with van der Waals surface area (Å²) in [5.41, 5.74) is 0. The summed E-state index contributed by atoms with van der Waals surface area (Å²) in [6.45, 7) is 4.62. The predicted octanol–water partition coefficient (Wildman–Crippen LogP) is 23.1. The number of amides is 1. The van der Waals surface area contributed by atoms with Gasteiger partial charge in [0.05, 0.1) is 39.9 Å². The maximum atomic E-state index is 13.1. The van der Waals surface area contributed by atoms with Gasteiger partial charge in [0, 0.05) is 6.42 Å². The summed E-state index contributed by atoms with van der Waals surface area (Å²) in [5, 5.41) is 14.1. The third-order valence-corrected chi connectivity index (χ3v) is 16.9. The Labute approximate surface area is 545 Å². The molecule has 0 aromatic rings. The Morgan fingerprint density at radius 1 is 0.409 bits per heavy atom. The molecule has 0 rings (SSSR count). The maximum Gasteiger partial charge on any atom is 0.268 e.